The van der Waals surface area contributed by atoms with Crippen molar-refractivity contribution in [3.63, 3.8) is 0 Å². The quantitative estimate of drug-likeness (QED) is 0.607. The Bertz CT molecular complexity index is 341. The molecule has 2 heteroatoms. The lowest BCUT2D eigenvalue weighted by Gasteiger charge is -1.76. The van der Waals surface area contributed by atoms with Gasteiger partial charge >= 0.3 is 5.97 Å². The topological polar surface area (TPSA) is 37.3 Å². The van der Waals surface area contributed by atoms with Crippen molar-refractivity contribution < 1.29 is 9.90 Å². The summed E-state index contributed by atoms with van der Waals surface area (Å²) in [6.45, 7) is 0. The van der Waals surface area contributed by atoms with E-state index in [9.17, 15) is 4.79 Å². The van der Waals surface area contributed by atoms with Crippen LogP contribution in [0.3, 0.4) is 0 Å². The van der Waals surface area contributed by atoms with Gasteiger partial charge in [-0.2, -0.15) is 0 Å². The molecule has 2 rings (SSSR count). The van der Waals surface area contributed by atoms with E-state index < -0.39 is 5.97 Å². The molecule has 11 heavy (non-hydrogen) atoms. The number of carboxylic acids is 1. The lowest BCUT2D eigenvalue weighted by Crippen LogP contribution is -1.89. The molecule has 2 nitrogen and oxygen atoms in total. The fraction of sp³-hybridized carbons (Fsp3) is 0. The van der Waals surface area contributed by atoms with Gasteiger partial charge in [-0.1, -0.05) is 30.4 Å². The van der Waals surface area contributed by atoms with Gasteiger partial charge in [0.1, 0.15) is 0 Å². The Labute approximate surface area is 63.8 Å². The van der Waals surface area contributed by atoms with Crippen LogP contribution in [-0.4, -0.2) is 11.1 Å². The van der Waals surface area contributed by atoms with Crippen LogP contribution in [0.25, 0.3) is 0 Å². The van der Waals surface area contributed by atoms with E-state index in [1.807, 2.05) is 30.4 Å². The molecule has 0 aliphatic heterocycles. The minimum atomic E-state index is -0.828. The van der Waals surface area contributed by atoms with E-state index in [0.717, 1.165) is 11.1 Å². The van der Waals surface area contributed by atoms with Gasteiger partial charge in [0.2, 0.25) is 0 Å². The summed E-state index contributed by atoms with van der Waals surface area (Å²) in [4.78, 5) is 10.5. The van der Waals surface area contributed by atoms with Gasteiger partial charge in [-0.25, -0.2) is 4.79 Å². The number of aliphatic carboxylic acids is 1. The van der Waals surface area contributed by atoms with Crippen molar-refractivity contribution >= 4 is 5.97 Å². The van der Waals surface area contributed by atoms with Gasteiger partial charge in [0.05, 0.1) is 5.57 Å². The zero-order valence-corrected chi connectivity index (χ0v) is 5.74. The van der Waals surface area contributed by atoms with Crippen molar-refractivity contribution in [2.45, 2.75) is 0 Å². The molecule has 0 saturated heterocycles. The maximum atomic E-state index is 10.5. The van der Waals surface area contributed by atoms with Gasteiger partial charge in [-0.15, -0.1) is 0 Å². The average Bonchev–Trinajstić information content (AvgIpc) is 2.57. The molecule has 0 aromatic rings. The van der Waals surface area contributed by atoms with Crippen LogP contribution in [0.2, 0.25) is 0 Å². The van der Waals surface area contributed by atoms with E-state index in [0.29, 0.717) is 5.57 Å². The van der Waals surface area contributed by atoms with Crippen molar-refractivity contribution in [3.05, 3.63) is 47.1 Å². The van der Waals surface area contributed by atoms with Gasteiger partial charge in [0.25, 0.3) is 0 Å². The SMILES string of the molecule is O=C(O)C1=C2C=CC=CC=C21. The van der Waals surface area contributed by atoms with E-state index in [4.69, 9.17) is 5.11 Å². The largest absolute Gasteiger partial charge is 0.478 e. The number of carbonyl (C=O) groups is 1. The summed E-state index contributed by atoms with van der Waals surface area (Å²) in [5.41, 5.74) is 2.19. The molecule has 0 fully saturated rings. The molecule has 0 radical (unpaired) electrons. The standard InChI is InChI=1S/C9H6O2/c10-9(11)8-6-4-2-1-3-5-7(6)8/h1-5H,(H,10,11). The summed E-state index contributed by atoms with van der Waals surface area (Å²) in [5, 5.41) is 8.62. The summed E-state index contributed by atoms with van der Waals surface area (Å²) >= 11 is 0. The highest BCUT2D eigenvalue weighted by Gasteiger charge is 2.32. The third kappa shape index (κ3) is 0.835. The Morgan fingerprint density at radius 1 is 1.27 bits per heavy atom. The number of allylic oxidation sites excluding steroid dienone is 6. The van der Waals surface area contributed by atoms with Crippen LogP contribution in [0.4, 0.5) is 0 Å². The molecule has 0 unspecified atom stereocenters. The summed E-state index contributed by atoms with van der Waals surface area (Å²) < 4.78 is 0. The molecule has 0 aromatic heterocycles. The maximum Gasteiger partial charge on any atom is 0.336 e. The van der Waals surface area contributed by atoms with Gasteiger partial charge in [0.15, 0.2) is 0 Å². The van der Waals surface area contributed by atoms with Crippen LogP contribution in [-0.2, 0) is 4.79 Å². The van der Waals surface area contributed by atoms with Gasteiger partial charge < -0.3 is 5.11 Å². The summed E-state index contributed by atoms with van der Waals surface area (Å²) in [5.74, 6) is -0.828. The van der Waals surface area contributed by atoms with E-state index in [2.05, 4.69) is 0 Å². The Hall–Kier alpha value is -1.57. The summed E-state index contributed by atoms with van der Waals surface area (Å²) in [6.07, 6.45) is 9.20. The van der Waals surface area contributed by atoms with Gasteiger partial charge in [0, 0.05) is 0 Å². The second-order valence-electron chi connectivity index (χ2n) is 2.42. The first-order valence-electron chi connectivity index (χ1n) is 3.34. The third-order valence-corrected chi connectivity index (χ3v) is 1.73. The highest BCUT2D eigenvalue weighted by Crippen LogP contribution is 2.40. The molecule has 54 valence electrons. The first-order valence-corrected chi connectivity index (χ1v) is 3.34. The molecule has 0 atom stereocenters. The fourth-order valence-electron chi connectivity index (χ4n) is 1.16. The van der Waals surface area contributed by atoms with Crippen molar-refractivity contribution in [1.29, 1.82) is 0 Å². The number of carboxylic acid groups (broad SMARTS) is 1. The highest BCUT2D eigenvalue weighted by molar-refractivity contribution is 6.05. The van der Waals surface area contributed by atoms with Crippen molar-refractivity contribution in [1.82, 2.24) is 0 Å². The van der Waals surface area contributed by atoms with Crippen LogP contribution in [0.5, 0.6) is 0 Å². The predicted octanol–water partition coefficient (Wildman–Crippen LogP) is 1.43. The Morgan fingerprint density at radius 3 is 2.82 bits per heavy atom. The van der Waals surface area contributed by atoms with Crippen LogP contribution in [0, 0.1) is 0 Å². The normalized spacial score (nSPS) is 19.1. The first-order chi connectivity index (χ1) is 5.30. The Balaban J connectivity index is 2.38. The molecule has 0 aromatic carbocycles. The lowest BCUT2D eigenvalue weighted by molar-refractivity contribution is -0.131. The average molecular weight is 146 g/mol. The number of hydrogen-bond acceptors (Lipinski definition) is 1. The van der Waals surface area contributed by atoms with E-state index >= 15 is 0 Å². The van der Waals surface area contributed by atoms with Gasteiger partial charge in [-0.05, 0) is 11.1 Å². The van der Waals surface area contributed by atoms with Crippen molar-refractivity contribution in [3.8, 4) is 0 Å². The van der Waals surface area contributed by atoms with Crippen LogP contribution >= 0.6 is 0 Å². The fourth-order valence-corrected chi connectivity index (χ4v) is 1.16. The van der Waals surface area contributed by atoms with E-state index in [1.54, 1.807) is 0 Å². The molecule has 1 N–H and O–H groups in total. The molecule has 0 bridgehead atoms. The summed E-state index contributed by atoms with van der Waals surface area (Å²) in [7, 11) is 0. The van der Waals surface area contributed by atoms with E-state index in [1.165, 1.54) is 0 Å². The predicted molar refractivity (Wildman–Crippen MR) is 41.0 cm³/mol. The zero-order valence-electron chi connectivity index (χ0n) is 5.74. The molecule has 0 spiro atoms. The van der Waals surface area contributed by atoms with Crippen molar-refractivity contribution in [2.24, 2.45) is 0 Å². The highest BCUT2D eigenvalue weighted by atomic mass is 16.4. The molecule has 2 aliphatic carbocycles. The second-order valence-corrected chi connectivity index (χ2v) is 2.42. The summed E-state index contributed by atoms with van der Waals surface area (Å²) in [6, 6.07) is 0. The third-order valence-electron chi connectivity index (χ3n) is 1.73. The smallest absolute Gasteiger partial charge is 0.336 e. The monoisotopic (exact) mass is 146 g/mol. The minimum Gasteiger partial charge on any atom is -0.478 e. The second kappa shape index (κ2) is 1.95. The number of hydrogen-bond donors (Lipinski definition) is 1. The Kier molecular flexibility index (Phi) is 1.09. The first kappa shape index (κ1) is 6.16. The molecule has 0 saturated carbocycles. The van der Waals surface area contributed by atoms with Crippen molar-refractivity contribution in [2.75, 3.05) is 0 Å². The minimum absolute atomic E-state index is 0.464. The van der Waals surface area contributed by atoms with E-state index in [-0.39, 0.29) is 0 Å². The van der Waals surface area contributed by atoms with Crippen LogP contribution < -0.4 is 0 Å². The molecule has 2 aliphatic rings. The van der Waals surface area contributed by atoms with Crippen LogP contribution in [0.1, 0.15) is 0 Å². The maximum absolute atomic E-state index is 10.5. The zero-order chi connectivity index (χ0) is 7.84. The number of rotatable bonds is 1. The molecule has 0 heterocycles. The molecular weight excluding hydrogens is 140 g/mol. The van der Waals surface area contributed by atoms with Gasteiger partial charge in [-0.3, -0.25) is 0 Å². The number of fused-ring (bicyclic) bond motifs is 1. The van der Waals surface area contributed by atoms with Crippen LogP contribution in [0.15, 0.2) is 47.1 Å². The Morgan fingerprint density at radius 2 is 2.09 bits per heavy atom. The molecular formula is C9H6O2. The molecule has 0 amide bonds. The lowest BCUT2D eigenvalue weighted by atomic mass is 10.3.